The number of hydrogen-bond donors (Lipinski definition) is 1. The molecule has 3 rings (SSSR count). The summed E-state index contributed by atoms with van der Waals surface area (Å²) in [6.45, 7) is 7.92. The highest BCUT2D eigenvalue weighted by Crippen LogP contribution is 2.19. The maximum Gasteiger partial charge on any atom is 0.261 e. The number of rotatable bonds is 10. The van der Waals surface area contributed by atoms with Crippen LogP contribution in [0.2, 0.25) is 0 Å². The minimum atomic E-state index is -0.708. The summed E-state index contributed by atoms with van der Waals surface area (Å²) in [5.74, 6) is 0.794. The van der Waals surface area contributed by atoms with E-state index in [4.69, 9.17) is 9.47 Å². The summed E-state index contributed by atoms with van der Waals surface area (Å²) in [5.41, 5.74) is 2.61. The van der Waals surface area contributed by atoms with Gasteiger partial charge in [0.2, 0.25) is 5.91 Å². The minimum absolute atomic E-state index is 0.188. The van der Waals surface area contributed by atoms with Gasteiger partial charge in [-0.3, -0.25) is 9.59 Å². The van der Waals surface area contributed by atoms with Gasteiger partial charge in [0.25, 0.3) is 5.91 Å². The fourth-order valence-electron chi connectivity index (χ4n) is 3.80. The second-order valence-corrected chi connectivity index (χ2v) is 9.92. The summed E-state index contributed by atoms with van der Waals surface area (Å²) in [4.78, 5) is 28.8. The van der Waals surface area contributed by atoms with Gasteiger partial charge in [0, 0.05) is 18.5 Å². The molecule has 0 fully saturated rings. The minimum Gasteiger partial charge on any atom is -0.497 e. The van der Waals surface area contributed by atoms with Crippen molar-refractivity contribution in [2.75, 3.05) is 13.7 Å². The smallest absolute Gasteiger partial charge is 0.261 e. The molecule has 1 N–H and O–H groups in total. The molecule has 3 aromatic carbocycles. The Kier molecular flexibility index (Phi) is 9.12. The number of carbonyl (C=O) groups excluding carboxylic acids is 2. The van der Waals surface area contributed by atoms with Crippen LogP contribution in [0.25, 0.3) is 0 Å². The van der Waals surface area contributed by atoms with Gasteiger partial charge in [0.15, 0.2) is 6.61 Å². The number of benzene rings is 3. The molecule has 0 radical (unpaired) electrons. The lowest BCUT2D eigenvalue weighted by molar-refractivity contribution is -0.143. The Hall–Kier alpha value is -3.80. The molecular weight excluding hydrogens is 452 g/mol. The van der Waals surface area contributed by atoms with Crippen molar-refractivity contribution in [2.45, 2.75) is 52.2 Å². The molecule has 1 atom stereocenters. The predicted octanol–water partition coefficient (Wildman–Crippen LogP) is 4.94. The van der Waals surface area contributed by atoms with E-state index >= 15 is 0 Å². The maximum absolute atomic E-state index is 13.6. The zero-order chi connectivity index (χ0) is 26.1. The van der Waals surface area contributed by atoms with Gasteiger partial charge in [0.05, 0.1) is 7.11 Å². The Morgan fingerprint density at radius 3 is 2.06 bits per heavy atom. The number of carbonyl (C=O) groups is 2. The highest BCUT2D eigenvalue weighted by molar-refractivity contribution is 5.89. The average Bonchev–Trinajstić information content (AvgIpc) is 2.85. The molecule has 6 heteroatoms. The van der Waals surface area contributed by atoms with Crippen LogP contribution in [-0.4, -0.2) is 42.0 Å². The first-order valence-electron chi connectivity index (χ1n) is 12.1. The van der Waals surface area contributed by atoms with Crippen LogP contribution in [0.3, 0.4) is 0 Å². The van der Waals surface area contributed by atoms with E-state index in [1.54, 1.807) is 36.3 Å². The summed E-state index contributed by atoms with van der Waals surface area (Å²) in [7, 11) is 1.60. The standard InChI is InChI=1S/C30H36N2O4/c1-22-11-13-24(14-12-22)20-32(28(33)21-36-26-17-15-25(35-5)16-18-26)27(29(34)31-30(2,3)4)19-23-9-7-6-8-10-23/h6-18,27H,19-21H2,1-5H3,(H,31,34). The van der Waals surface area contributed by atoms with E-state index in [0.717, 1.165) is 16.7 Å². The highest BCUT2D eigenvalue weighted by Gasteiger charge is 2.32. The van der Waals surface area contributed by atoms with Gasteiger partial charge >= 0.3 is 0 Å². The third-order valence-electron chi connectivity index (χ3n) is 5.66. The van der Waals surface area contributed by atoms with E-state index in [2.05, 4.69) is 5.32 Å². The van der Waals surface area contributed by atoms with Crippen molar-refractivity contribution in [2.24, 2.45) is 0 Å². The Balaban J connectivity index is 1.90. The fraction of sp³-hybridized carbons (Fsp3) is 0.333. The predicted molar refractivity (Wildman–Crippen MR) is 142 cm³/mol. The largest absolute Gasteiger partial charge is 0.497 e. The first kappa shape index (κ1) is 26.8. The third kappa shape index (κ3) is 8.15. The first-order valence-corrected chi connectivity index (χ1v) is 12.1. The van der Waals surface area contributed by atoms with E-state index in [1.165, 1.54) is 0 Å². The molecule has 0 aliphatic carbocycles. The molecule has 0 saturated heterocycles. The summed E-state index contributed by atoms with van der Waals surface area (Å²) < 4.78 is 11.0. The van der Waals surface area contributed by atoms with Crippen LogP contribution in [0.5, 0.6) is 11.5 Å². The molecule has 1 unspecified atom stereocenters. The van der Waals surface area contributed by atoms with Crippen molar-refractivity contribution in [1.82, 2.24) is 10.2 Å². The molecule has 0 aliphatic rings. The maximum atomic E-state index is 13.6. The van der Waals surface area contributed by atoms with E-state index in [9.17, 15) is 9.59 Å². The zero-order valence-electron chi connectivity index (χ0n) is 21.8. The van der Waals surface area contributed by atoms with Crippen LogP contribution in [0.4, 0.5) is 0 Å². The van der Waals surface area contributed by atoms with Crippen molar-refractivity contribution in [3.05, 3.63) is 95.6 Å². The van der Waals surface area contributed by atoms with Crippen LogP contribution < -0.4 is 14.8 Å². The monoisotopic (exact) mass is 488 g/mol. The fourth-order valence-corrected chi connectivity index (χ4v) is 3.80. The van der Waals surface area contributed by atoms with E-state index in [0.29, 0.717) is 24.5 Å². The summed E-state index contributed by atoms with van der Waals surface area (Å²) >= 11 is 0. The number of ether oxygens (including phenoxy) is 2. The van der Waals surface area contributed by atoms with Crippen molar-refractivity contribution in [3.63, 3.8) is 0 Å². The number of hydrogen-bond acceptors (Lipinski definition) is 4. The van der Waals surface area contributed by atoms with Gasteiger partial charge in [-0.05, 0) is 63.1 Å². The lowest BCUT2D eigenvalue weighted by Crippen LogP contribution is -2.55. The molecular formula is C30H36N2O4. The normalized spacial score (nSPS) is 11.9. The number of nitrogens with one attached hydrogen (secondary N) is 1. The van der Waals surface area contributed by atoms with Crippen molar-refractivity contribution in [1.29, 1.82) is 0 Å². The SMILES string of the molecule is COc1ccc(OCC(=O)N(Cc2ccc(C)cc2)C(Cc2ccccc2)C(=O)NC(C)(C)C)cc1. The summed E-state index contributed by atoms with van der Waals surface area (Å²) in [6.07, 6.45) is 0.392. The lowest BCUT2D eigenvalue weighted by atomic mass is 10.0. The molecule has 0 aliphatic heterocycles. The van der Waals surface area contributed by atoms with E-state index in [1.807, 2.05) is 82.3 Å². The van der Waals surface area contributed by atoms with Crippen molar-refractivity contribution < 1.29 is 19.1 Å². The number of aryl methyl sites for hydroxylation is 1. The Labute approximate surface area is 214 Å². The van der Waals surface area contributed by atoms with E-state index < -0.39 is 11.6 Å². The molecule has 0 heterocycles. The Morgan fingerprint density at radius 1 is 0.861 bits per heavy atom. The number of nitrogens with zero attached hydrogens (tertiary/aromatic N) is 1. The van der Waals surface area contributed by atoms with Gasteiger partial charge < -0.3 is 19.7 Å². The highest BCUT2D eigenvalue weighted by atomic mass is 16.5. The molecule has 3 aromatic rings. The first-order chi connectivity index (χ1) is 17.1. The van der Waals surface area contributed by atoms with Crippen molar-refractivity contribution in [3.8, 4) is 11.5 Å². The molecule has 6 nitrogen and oxygen atoms in total. The third-order valence-corrected chi connectivity index (χ3v) is 5.66. The number of methoxy groups -OCH3 is 1. The van der Waals surface area contributed by atoms with Crippen molar-refractivity contribution >= 4 is 11.8 Å². The van der Waals surface area contributed by atoms with E-state index in [-0.39, 0.29) is 18.4 Å². The van der Waals surface area contributed by atoms with Crippen LogP contribution in [0.1, 0.15) is 37.5 Å². The molecule has 2 amide bonds. The Morgan fingerprint density at radius 2 is 1.47 bits per heavy atom. The van der Waals surface area contributed by atoms with Gasteiger partial charge in [-0.25, -0.2) is 0 Å². The van der Waals surface area contributed by atoms with Crippen LogP contribution in [-0.2, 0) is 22.6 Å². The lowest BCUT2D eigenvalue weighted by Gasteiger charge is -2.33. The zero-order valence-corrected chi connectivity index (χ0v) is 21.8. The summed E-state index contributed by atoms with van der Waals surface area (Å²) in [5, 5.41) is 3.07. The van der Waals surface area contributed by atoms with Crippen LogP contribution >= 0.6 is 0 Å². The molecule has 0 spiro atoms. The molecule has 0 aromatic heterocycles. The molecule has 0 saturated carbocycles. The second-order valence-electron chi connectivity index (χ2n) is 9.92. The quantitative estimate of drug-likeness (QED) is 0.439. The topological polar surface area (TPSA) is 67.9 Å². The second kappa shape index (κ2) is 12.2. The Bertz CT molecular complexity index is 1120. The average molecular weight is 489 g/mol. The van der Waals surface area contributed by atoms with Crippen LogP contribution in [0, 0.1) is 6.92 Å². The van der Waals surface area contributed by atoms with Gasteiger partial charge in [-0.15, -0.1) is 0 Å². The molecule has 36 heavy (non-hydrogen) atoms. The number of amides is 2. The molecule has 0 bridgehead atoms. The van der Waals surface area contributed by atoms with Gasteiger partial charge in [0.1, 0.15) is 17.5 Å². The summed E-state index contributed by atoms with van der Waals surface area (Å²) in [6, 6.07) is 24.1. The van der Waals surface area contributed by atoms with Gasteiger partial charge in [-0.2, -0.15) is 0 Å². The molecule has 190 valence electrons. The van der Waals surface area contributed by atoms with Crippen LogP contribution in [0.15, 0.2) is 78.9 Å². The van der Waals surface area contributed by atoms with Gasteiger partial charge in [-0.1, -0.05) is 60.2 Å².